The lowest BCUT2D eigenvalue weighted by molar-refractivity contribution is 0.409. The van der Waals surface area contributed by atoms with Crippen LogP contribution in [0.3, 0.4) is 0 Å². The molecule has 2 heterocycles. The normalized spacial score (nSPS) is 11.4. The van der Waals surface area contributed by atoms with Gasteiger partial charge in [0.05, 0.1) is 4.88 Å². The van der Waals surface area contributed by atoms with Gasteiger partial charge in [0.1, 0.15) is 23.3 Å². The Balaban J connectivity index is 2.02. The molecule has 0 atom stereocenters. The zero-order valence-electron chi connectivity index (χ0n) is 11.0. The van der Waals surface area contributed by atoms with Gasteiger partial charge >= 0.3 is 0 Å². The minimum Gasteiger partial charge on any atom is -0.333 e. The van der Waals surface area contributed by atoms with E-state index in [-0.39, 0.29) is 17.0 Å². The van der Waals surface area contributed by atoms with E-state index in [1.54, 1.807) is 6.07 Å². The van der Waals surface area contributed by atoms with Gasteiger partial charge in [-0.3, -0.25) is 0 Å². The van der Waals surface area contributed by atoms with Crippen LogP contribution in [-0.2, 0) is 0 Å². The van der Waals surface area contributed by atoms with Crippen LogP contribution in [0.25, 0.3) is 22.4 Å². The van der Waals surface area contributed by atoms with Crippen molar-refractivity contribution in [3.8, 4) is 16.8 Å². The first kappa shape index (κ1) is 14.1. The maximum absolute atomic E-state index is 13.6. The number of halogens is 2. The number of hydrogen-bond donors (Lipinski definition) is 0. The molecule has 0 radical (unpaired) electrons. The Morgan fingerprint density at radius 1 is 1.23 bits per heavy atom. The molecule has 0 N–H and O–H groups in total. The van der Waals surface area contributed by atoms with Gasteiger partial charge in [0.15, 0.2) is 0 Å². The molecule has 7 heteroatoms. The topological polar surface area (TPSA) is 62.7 Å². The number of benzene rings is 1. The van der Waals surface area contributed by atoms with Crippen molar-refractivity contribution in [2.75, 3.05) is 0 Å². The minimum absolute atomic E-state index is 0.0893. The number of aromatic nitrogens is 2. The molecule has 4 nitrogen and oxygen atoms in total. The molecule has 1 aromatic carbocycles. The van der Waals surface area contributed by atoms with Gasteiger partial charge < -0.3 is 4.52 Å². The van der Waals surface area contributed by atoms with Crippen molar-refractivity contribution in [1.29, 1.82) is 5.26 Å². The van der Waals surface area contributed by atoms with Gasteiger partial charge in [-0.2, -0.15) is 10.2 Å². The summed E-state index contributed by atoms with van der Waals surface area (Å²) in [6, 6.07) is 8.89. The van der Waals surface area contributed by atoms with Gasteiger partial charge in [0.2, 0.25) is 5.82 Å². The summed E-state index contributed by atoms with van der Waals surface area (Å²) in [5.74, 6) is -1.31. The second-order valence-corrected chi connectivity index (χ2v) is 5.15. The molecule has 0 aliphatic rings. The fourth-order valence-corrected chi connectivity index (χ4v) is 2.42. The highest BCUT2D eigenvalue weighted by molar-refractivity contribution is 7.13. The van der Waals surface area contributed by atoms with Gasteiger partial charge in [-0.15, -0.1) is 11.3 Å². The van der Waals surface area contributed by atoms with E-state index >= 15 is 0 Å². The number of thiophene rings is 1. The molecule has 0 amide bonds. The molecule has 22 heavy (non-hydrogen) atoms. The summed E-state index contributed by atoms with van der Waals surface area (Å²) < 4.78 is 32.3. The van der Waals surface area contributed by atoms with E-state index in [1.807, 2.05) is 17.5 Å². The first-order chi connectivity index (χ1) is 10.7. The maximum Gasteiger partial charge on any atom is 0.268 e. The van der Waals surface area contributed by atoms with Crippen LogP contribution in [0.1, 0.15) is 11.5 Å². The summed E-state index contributed by atoms with van der Waals surface area (Å²) in [4.78, 5) is 4.84. The summed E-state index contributed by atoms with van der Waals surface area (Å²) >= 11 is 1.41. The lowest BCUT2D eigenvalue weighted by Gasteiger charge is -1.98. The predicted molar refractivity (Wildman–Crippen MR) is 77.5 cm³/mol. The Labute approximate surface area is 127 Å². The molecule has 2 aromatic heterocycles. The highest BCUT2D eigenvalue weighted by Crippen LogP contribution is 2.25. The smallest absolute Gasteiger partial charge is 0.268 e. The standard InChI is InChI=1S/C15H7F2N3OS/c16-11-3-1-4-12(17)10(11)7-9(8-18)15-19-14(20-21-15)13-5-2-6-22-13/h1-7H/b9-7+. The Bertz CT molecular complexity index is 858. The largest absolute Gasteiger partial charge is 0.333 e. The molecule has 0 aliphatic carbocycles. The van der Waals surface area contributed by atoms with E-state index < -0.39 is 11.6 Å². The van der Waals surface area contributed by atoms with Crippen LogP contribution < -0.4 is 0 Å². The Hall–Kier alpha value is -2.85. The monoisotopic (exact) mass is 315 g/mol. The van der Waals surface area contributed by atoms with Crippen LogP contribution in [0.15, 0.2) is 40.2 Å². The van der Waals surface area contributed by atoms with Crippen LogP contribution in [-0.4, -0.2) is 10.1 Å². The summed E-state index contributed by atoms with van der Waals surface area (Å²) in [6.07, 6.45) is 1.05. The van der Waals surface area contributed by atoms with Crippen molar-refractivity contribution >= 4 is 23.0 Å². The third kappa shape index (κ3) is 2.64. The second-order valence-electron chi connectivity index (χ2n) is 4.21. The van der Waals surface area contributed by atoms with Crippen molar-refractivity contribution in [2.24, 2.45) is 0 Å². The van der Waals surface area contributed by atoms with Gasteiger partial charge in [-0.25, -0.2) is 8.78 Å². The lowest BCUT2D eigenvalue weighted by atomic mass is 10.1. The lowest BCUT2D eigenvalue weighted by Crippen LogP contribution is -1.90. The fourth-order valence-electron chi connectivity index (χ4n) is 1.77. The van der Waals surface area contributed by atoms with E-state index in [4.69, 9.17) is 4.52 Å². The molecule has 3 aromatic rings. The molecular weight excluding hydrogens is 308 g/mol. The van der Waals surface area contributed by atoms with Crippen LogP contribution in [0.5, 0.6) is 0 Å². The van der Waals surface area contributed by atoms with E-state index in [2.05, 4.69) is 10.1 Å². The molecule has 0 saturated carbocycles. The highest BCUT2D eigenvalue weighted by Gasteiger charge is 2.15. The number of allylic oxidation sites excluding steroid dienone is 1. The Morgan fingerprint density at radius 2 is 2.00 bits per heavy atom. The van der Waals surface area contributed by atoms with E-state index in [0.717, 1.165) is 23.1 Å². The van der Waals surface area contributed by atoms with E-state index in [9.17, 15) is 14.0 Å². The summed E-state index contributed by atoms with van der Waals surface area (Å²) in [6.45, 7) is 0. The molecule has 3 rings (SSSR count). The maximum atomic E-state index is 13.6. The number of hydrogen-bond acceptors (Lipinski definition) is 5. The van der Waals surface area contributed by atoms with Crippen LogP contribution in [0, 0.1) is 23.0 Å². The summed E-state index contributed by atoms with van der Waals surface area (Å²) in [5, 5.41) is 14.8. The first-order valence-electron chi connectivity index (χ1n) is 6.13. The quantitative estimate of drug-likeness (QED) is 0.681. The minimum atomic E-state index is -0.772. The van der Waals surface area contributed by atoms with Crippen molar-refractivity contribution in [3.63, 3.8) is 0 Å². The summed E-state index contributed by atoms with van der Waals surface area (Å²) in [5.41, 5.74) is -0.436. The zero-order valence-corrected chi connectivity index (χ0v) is 11.8. The van der Waals surface area contributed by atoms with Crippen LogP contribution >= 0.6 is 11.3 Å². The van der Waals surface area contributed by atoms with E-state index in [1.165, 1.54) is 17.4 Å². The second kappa shape index (κ2) is 5.87. The highest BCUT2D eigenvalue weighted by atomic mass is 32.1. The van der Waals surface area contributed by atoms with Gasteiger partial charge in [-0.1, -0.05) is 17.3 Å². The molecule has 0 spiro atoms. The third-order valence-electron chi connectivity index (χ3n) is 2.81. The summed E-state index contributed by atoms with van der Waals surface area (Å²) in [7, 11) is 0. The van der Waals surface area contributed by atoms with Gasteiger partial charge in [0, 0.05) is 5.56 Å². The average Bonchev–Trinajstić information content (AvgIpc) is 3.18. The van der Waals surface area contributed by atoms with Crippen LogP contribution in [0.4, 0.5) is 8.78 Å². The van der Waals surface area contributed by atoms with Crippen molar-refractivity contribution in [1.82, 2.24) is 10.1 Å². The molecule has 0 fully saturated rings. The molecule has 0 saturated heterocycles. The van der Waals surface area contributed by atoms with Gasteiger partial charge in [0.25, 0.3) is 5.89 Å². The van der Waals surface area contributed by atoms with Crippen molar-refractivity contribution < 1.29 is 13.3 Å². The number of nitrogens with zero attached hydrogens (tertiary/aromatic N) is 3. The van der Waals surface area contributed by atoms with E-state index in [0.29, 0.717) is 5.82 Å². The molecule has 0 aliphatic heterocycles. The zero-order chi connectivity index (χ0) is 15.5. The SMILES string of the molecule is N#C/C(=C\c1c(F)cccc1F)c1nc(-c2cccs2)no1. The van der Waals surface area contributed by atoms with Crippen molar-refractivity contribution in [2.45, 2.75) is 0 Å². The number of nitriles is 1. The van der Waals surface area contributed by atoms with Crippen LogP contribution in [0.2, 0.25) is 0 Å². The molecular formula is C15H7F2N3OS. The Kier molecular flexibility index (Phi) is 3.76. The van der Waals surface area contributed by atoms with Gasteiger partial charge in [-0.05, 0) is 29.7 Å². The molecule has 0 unspecified atom stereocenters. The third-order valence-corrected chi connectivity index (χ3v) is 3.67. The average molecular weight is 315 g/mol. The predicted octanol–water partition coefficient (Wildman–Crippen LogP) is 4.14. The fraction of sp³-hybridized carbons (Fsp3) is 0. The molecule has 108 valence electrons. The van der Waals surface area contributed by atoms with Crippen molar-refractivity contribution in [3.05, 3.63) is 58.8 Å². The Morgan fingerprint density at radius 3 is 2.64 bits per heavy atom. The first-order valence-corrected chi connectivity index (χ1v) is 7.01. The molecule has 0 bridgehead atoms. The number of rotatable bonds is 3.